The summed E-state index contributed by atoms with van der Waals surface area (Å²) in [4.78, 5) is 50.1. The lowest BCUT2D eigenvalue weighted by Gasteiger charge is -2.29. The van der Waals surface area contributed by atoms with Crippen molar-refractivity contribution in [1.29, 1.82) is 0 Å². The highest BCUT2D eigenvalue weighted by atomic mass is 19.3. The van der Waals surface area contributed by atoms with Crippen LogP contribution in [0.25, 0.3) is 0 Å². The van der Waals surface area contributed by atoms with E-state index < -0.39 is 23.7 Å². The van der Waals surface area contributed by atoms with Crippen LogP contribution in [0, 0.1) is 13.8 Å². The van der Waals surface area contributed by atoms with E-state index in [2.05, 4.69) is 5.32 Å². The van der Waals surface area contributed by atoms with Crippen LogP contribution in [-0.4, -0.2) is 34.4 Å². The summed E-state index contributed by atoms with van der Waals surface area (Å²) in [6.07, 6.45) is 0.195. The third kappa shape index (κ3) is 4.29. The SMILES string of the molecule is Cc1ccc(C(F)(F)C(=O)CCc2ccc3c(c2)CN(C2CCC(=O)NC2=O)C3=O)cc1C. The number of ketones is 1. The van der Waals surface area contributed by atoms with Gasteiger partial charge in [0.15, 0.2) is 0 Å². The predicted octanol–water partition coefficient (Wildman–Crippen LogP) is 3.36. The van der Waals surface area contributed by atoms with Gasteiger partial charge in [0.25, 0.3) is 5.91 Å². The average molecular weight is 454 g/mol. The number of rotatable bonds is 6. The maximum absolute atomic E-state index is 14.7. The monoisotopic (exact) mass is 454 g/mol. The molecule has 33 heavy (non-hydrogen) atoms. The van der Waals surface area contributed by atoms with Crippen molar-refractivity contribution in [2.45, 2.75) is 58.0 Å². The van der Waals surface area contributed by atoms with Crippen LogP contribution in [-0.2, 0) is 33.3 Å². The summed E-state index contributed by atoms with van der Waals surface area (Å²) < 4.78 is 29.4. The van der Waals surface area contributed by atoms with Crippen molar-refractivity contribution in [3.8, 4) is 0 Å². The molecule has 2 heterocycles. The van der Waals surface area contributed by atoms with Gasteiger partial charge in [-0.25, -0.2) is 0 Å². The van der Waals surface area contributed by atoms with Crippen LogP contribution in [0.3, 0.4) is 0 Å². The maximum atomic E-state index is 14.7. The Hall–Kier alpha value is -3.42. The number of nitrogens with zero attached hydrogens (tertiary/aromatic N) is 1. The van der Waals surface area contributed by atoms with Crippen LogP contribution in [0.1, 0.15) is 57.4 Å². The van der Waals surface area contributed by atoms with Gasteiger partial charge in [-0.15, -0.1) is 0 Å². The largest absolute Gasteiger partial charge is 0.330 e. The van der Waals surface area contributed by atoms with Crippen molar-refractivity contribution in [2.75, 3.05) is 0 Å². The van der Waals surface area contributed by atoms with E-state index in [4.69, 9.17) is 0 Å². The molecule has 0 aromatic heterocycles. The number of Topliss-reactive ketones (excluding diaryl/α,β-unsaturated/α-hetero) is 1. The lowest BCUT2D eigenvalue weighted by atomic mass is 9.95. The third-order valence-electron chi connectivity index (χ3n) is 6.45. The molecular weight excluding hydrogens is 430 g/mol. The molecule has 2 aliphatic rings. The molecule has 172 valence electrons. The van der Waals surface area contributed by atoms with E-state index in [1.54, 1.807) is 31.2 Å². The van der Waals surface area contributed by atoms with Crippen molar-refractivity contribution < 1.29 is 28.0 Å². The maximum Gasteiger partial charge on any atom is 0.330 e. The molecule has 8 heteroatoms. The first-order valence-corrected chi connectivity index (χ1v) is 10.8. The van der Waals surface area contributed by atoms with E-state index in [9.17, 15) is 28.0 Å². The Bertz CT molecular complexity index is 1170. The molecule has 1 saturated heterocycles. The van der Waals surface area contributed by atoms with Gasteiger partial charge in [0.1, 0.15) is 6.04 Å². The van der Waals surface area contributed by atoms with Gasteiger partial charge in [-0.1, -0.05) is 24.3 Å². The number of hydrogen-bond acceptors (Lipinski definition) is 4. The molecule has 2 aromatic rings. The Morgan fingerprint density at radius 1 is 1.09 bits per heavy atom. The van der Waals surface area contributed by atoms with Crippen molar-refractivity contribution in [1.82, 2.24) is 10.2 Å². The number of imide groups is 1. The number of benzene rings is 2. The fraction of sp³-hybridized carbons (Fsp3) is 0.360. The Labute approximate surface area is 190 Å². The van der Waals surface area contributed by atoms with E-state index in [0.717, 1.165) is 5.56 Å². The van der Waals surface area contributed by atoms with E-state index in [1.807, 2.05) is 6.92 Å². The molecule has 0 spiro atoms. The van der Waals surface area contributed by atoms with Gasteiger partial charge in [0.2, 0.25) is 17.6 Å². The number of piperidine rings is 1. The quantitative estimate of drug-likeness (QED) is 0.679. The number of halogens is 2. The van der Waals surface area contributed by atoms with Gasteiger partial charge in [-0.2, -0.15) is 8.78 Å². The lowest BCUT2D eigenvalue weighted by molar-refractivity contribution is -0.144. The second-order valence-electron chi connectivity index (χ2n) is 8.69. The lowest BCUT2D eigenvalue weighted by Crippen LogP contribution is -2.52. The number of aryl methyl sites for hydroxylation is 3. The molecule has 2 aromatic carbocycles. The molecule has 6 nitrogen and oxygen atoms in total. The third-order valence-corrected chi connectivity index (χ3v) is 6.45. The summed E-state index contributed by atoms with van der Waals surface area (Å²) in [6, 6.07) is 8.46. The Morgan fingerprint density at radius 3 is 2.55 bits per heavy atom. The zero-order chi connectivity index (χ0) is 23.9. The molecule has 1 N–H and O–H groups in total. The zero-order valence-corrected chi connectivity index (χ0v) is 18.4. The molecule has 0 bridgehead atoms. The van der Waals surface area contributed by atoms with Gasteiger partial charge in [-0.05, 0) is 61.1 Å². The zero-order valence-electron chi connectivity index (χ0n) is 18.4. The molecular formula is C25H24F2N2O4. The minimum atomic E-state index is -3.58. The highest BCUT2D eigenvalue weighted by Gasteiger charge is 2.41. The number of carbonyl (C=O) groups is 4. The van der Waals surface area contributed by atoms with Gasteiger partial charge in [0.05, 0.1) is 0 Å². The summed E-state index contributed by atoms with van der Waals surface area (Å²) in [7, 11) is 0. The van der Waals surface area contributed by atoms with Gasteiger partial charge in [0, 0.05) is 30.5 Å². The van der Waals surface area contributed by atoms with Crippen LogP contribution >= 0.6 is 0 Å². The first-order valence-electron chi connectivity index (χ1n) is 10.8. The van der Waals surface area contributed by atoms with Gasteiger partial charge >= 0.3 is 5.92 Å². The first kappa shape index (κ1) is 22.8. The molecule has 2 aliphatic heterocycles. The second-order valence-corrected chi connectivity index (χ2v) is 8.69. The number of amides is 3. The fourth-order valence-electron chi connectivity index (χ4n) is 4.30. The van der Waals surface area contributed by atoms with Crippen LogP contribution in [0.5, 0.6) is 0 Å². The Balaban J connectivity index is 1.44. The summed E-state index contributed by atoms with van der Waals surface area (Å²) in [5.74, 6) is -5.89. The average Bonchev–Trinajstić information content (AvgIpc) is 3.09. The van der Waals surface area contributed by atoms with Crippen LogP contribution < -0.4 is 5.32 Å². The molecule has 0 radical (unpaired) electrons. The highest BCUT2D eigenvalue weighted by Crippen LogP contribution is 2.33. The number of hydrogen-bond donors (Lipinski definition) is 1. The van der Waals surface area contributed by atoms with Crippen molar-refractivity contribution in [3.05, 3.63) is 69.8 Å². The minimum Gasteiger partial charge on any atom is -0.322 e. The summed E-state index contributed by atoms with van der Waals surface area (Å²) in [6.45, 7) is 3.74. The molecule has 4 rings (SSSR count). The Morgan fingerprint density at radius 2 is 1.85 bits per heavy atom. The van der Waals surface area contributed by atoms with Crippen molar-refractivity contribution in [3.63, 3.8) is 0 Å². The fourth-order valence-corrected chi connectivity index (χ4v) is 4.30. The van der Waals surface area contributed by atoms with E-state index in [-0.39, 0.29) is 49.6 Å². The standard InChI is InChI=1S/C25H24F2N2O4/c1-14-3-6-18(11-15(14)2)25(26,27)21(30)9-5-16-4-7-19-17(12-16)13-29(24(19)33)20-8-10-22(31)28-23(20)32/h3-4,6-7,11-12,20H,5,8-10,13H2,1-2H3,(H,28,31,32). The first-order chi connectivity index (χ1) is 15.6. The highest BCUT2D eigenvalue weighted by molar-refractivity contribution is 6.05. The number of alkyl halides is 2. The molecule has 1 fully saturated rings. The van der Waals surface area contributed by atoms with Crippen LogP contribution in [0.15, 0.2) is 36.4 Å². The van der Waals surface area contributed by atoms with Gasteiger partial charge < -0.3 is 4.90 Å². The Kier molecular flexibility index (Phi) is 5.86. The predicted molar refractivity (Wildman–Crippen MR) is 116 cm³/mol. The second kappa shape index (κ2) is 8.50. The van der Waals surface area contributed by atoms with Gasteiger partial charge in [-0.3, -0.25) is 24.5 Å². The molecule has 3 amide bonds. The van der Waals surface area contributed by atoms with E-state index in [1.165, 1.54) is 17.0 Å². The number of carbonyl (C=O) groups excluding carboxylic acids is 4. The summed E-state index contributed by atoms with van der Waals surface area (Å²) in [5.41, 5.74) is 3.04. The molecule has 1 atom stereocenters. The summed E-state index contributed by atoms with van der Waals surface area (Å²) >= 11 is 0. The van der Waals surface area contributed by atoms with E-state index in [0.29, 0.717) is 22.3 Å². The molecule has 0 aliphatic carbocycles. The van der Waals surface area contributed by atoms with Crippen LogP contribution in [0.4, 0.5) is 8.78 Å². The van der Waals surface area contributed by atoms with Crippen molar-refractivity contribution in [2.24, 2.45) is 0 Å². The minimum absolute atomic E-state index is 0.110. The molecule has 1 unspecified atom stereocenters. The van der Waals surface area contributed by atoms with Crippen LogP contribution in [0.2, 0.25) is 0 Å². The number of nitrogens with one attached hydrogen (secondary N) is 1. The molecule has 0 saturated carbocycles. The number of fused-ring (bicyclic) bond motifs is 1. The van der Waals surface area contributed by atoms with E-state index >= 15 is 0 Å². The normalized spacial score (nSPS) is 18.4. The smallest absolute Gasteiger partial charge is 0.322 e. The summed E-state index contributed by atoms with van der Waals surface area (Å²) in [5, 5.41) is 2.25. The topological polar surface area (TPSA) is 83.6 Å². The van der Waals surface area contributed by atoms with Crippen molar-refractivity contribution >= 4 is 23.5 Å².